The molecule has 1 aliphatic heterocycles. The zero-order chi connectivity index (χ0) is 23.1. The molecule has 0 saturated heterocycles. The van der Waals surface area contributed by atoms with Crippen LogP contribution in [0.3, 0.4) is 0 Å². The van der Waals surface area contributed by atoms with E-state index in [0.29, 0.717) is 37.7 Å². The number of nitrogens with zero attached hydrogens (tertiary/aromatic N) is 2. The van der Waals surface area contributed by atoms with Gasteiger partial charge in [0.15, 0.2) is 11.5 Å². The lowest BCUT2D eigenvalue weighted by Crippen LogP contribution is -2.46. The summed E-state index contributed by atoms with van der Waals surface area (Å²) in [5, 5.41) is 2.90. The van der Waals surface area contributed by atoms with Crippen molar-refractivity contribution in [3.63, 3.8) is 0 Å². The number of para-hydroxylation sites is 1. The second-order valence-electron chi connectivity index (χ2n) is 7.70. The number of fused-ring (bicyclic) bond motifs is 1. The normalized spacial score (nSPS) is 12.7. The molecule has 0 atom stereocenters. The first-order valence-corrected chi connectivity index (χ1v) is 10.6. The highest BCUT2D eigenvalue weighted by molar-refractivity contribution is 5.93. The lowest BCUT2D eigenvalue weighted by atomic mass is 9.98. The largest absolute Gasteiger partial charge is 0.493 e. The van der Waals surface area contributed by atoms with Gasteiger partial charge >= 0.3 is 6.03 Å². The van der Waals surface area contributed by atoms with E-state index in [4.69, 9.17) is 14.2 Å². The summed E-state index contributed by atoms with van der Waals surface area (Å²) in [7, 11) is 4.78. The Labute approximate surface area is 189 Å². The number of urea groups is 1. The molecule has 0 aromatic heterocycles. The number of aryl methyl sites for hydroxylation is 1. The summed E-state index contributed by atoms with van der Waals surface area (Å²) in [6.07, 6.45) is 0.717. The van der Waals surface area contributed by atoms with Gasteiger partial charge in [-0.3, -0.25) is 4.79 Å². The van der Waals surface area contributed by atoms with Crippen LogP contribution in [0.4, 0.5) is 10.5 Å². The molecule has 3 amide bonds. The van der Waals surface area contributed by atoms with E-state index in [-0.39, 0.29) is 18.5 Å². The first-order chi connectivity index (χ1) is 15.5. The van der Waals surface area contributed by atoms with Crippen molar-refractivity contribution in [2.75, 3.05) is 52.9 Å². The third kappa shape index (κ3) is 5.50. The van der Waals surface area contributed by atoms with E-state index < -0.39 is 0 Å². The number of hydrogen-bond donors (Lipinski definition) is 1. The molecule has 0 saturated carbocycles. The second-order valence-corrected chi connectivity index (χ2v) is 7.70. The van der Waals surface area contributed by atoms with Gasteiger partial charge < -0.3 is 29.3 Å². The Bertz CT molecular complexity index is 963. The van der Waals surface area contributed by atoms with Gasteiger partial charge in [-0.1, -0.05) is 18.2 Å². The highest BCUT2D eigenvalue weighted by Gasteiger charge is 2.26. The second kappa shape index (κ2) is 10.9. The van der Waals surface area contributed by atoms with Crippen molar-refractivity contribution in [1.82, 2.24) is 9.80 Å². The standard InChI is InChI=1S/C24H31N3O5/c1-17-7-5-6-8-20(17)25-24(29)27(11-12-30-2)16-23(28)26-10-9-18-13-21(31-3)22(32-4)14-19(18)15-26/h5-8,13-14H,9-12,15-16H2,1-4H3,(H,25,29). The van der Waals surface area contributed by atoms with Crippen LogP contribution < -0.4 is 14.8 Å². The summed E-state index contributed by atoms with van der Waals surface area (Å²) in [6, 6.07) is 11.1. The first kappa shape index (κ1) is 23.4. The average Bonchev–Trinajstić information content (AvgIpc) is 2.81. The molecule has 0 spiro atoms. The fourth-order valence-corrected chi connectivity index (χ4v) is 3.72. The SMILES string of the molecule is COCCN(CC(=O)N1CCc2cc(OC)c(OC)cc2C1)C(=O)Nc1ccccc1C. The summed E-state index contributed by atoms with van der Waals surface area (Å²) in [6.45, 7) is 3.60. The van der Waals surface area contributed by atoms with Gasteiger partial charge in [-0.15, -0.1) is 0 Å². The van der Waals surface area contributed by atoms with Crippen molar-refractivity contribution in [2.45, 2.75) is 19.9 Å². The number of amides is 3. The first-order valence-electron chi connectivity index (χ1n) is 10.6. The predicted octanol–water partition coefficient (Wildman–Crippen LogP) is 3.08. The minimum atomic E-state index is -0.325. The van der Waals surface area contributed by atoms with Gasteiger partial charge in [-0.05, 0) is 48.2 Å². The van der Waals surface area contributed by atoms with Gasteiger partial charge in [0.2, 0.25) is 5.91 Å². The van der Waals surface area contributed by atoms with Crippen molar-refractivity contribution < 1.29 is 23.8 Å². The molecule has 172 valence electrons. The Kier molecular flexibility index (Phi) is 7.94. The number of anilines is 1. The van der Waals surface area contributed by atoms with Crippen molar-refractivity contribution in [3.05, 3.63) is 53.1 Å². The summed E-state index contributed by atoms with van der Waals surface area (Å²) >= 11 is 0. The lowest BCUT2D eigenvalue weighted by molar-refractivity contribution is -0.132. The third-order valence-corrected chi connectivity index (χ3v) is 5.64. The molecule has 2 aromatic carbocycles. The molecule has 8 nitrogen and oxygen atoms in total. The quantitative estimate of drug-likeness (QED) is 0.681. The maximum absolute atomic E-state index is 13.1. The molecular formula is C24H31N3O5. The Morgan fingerprint density at radius 1 is 1.06 bits per heavy atom. The molecule has 1 N–H and O–H groups in total. The molecule has 0 unspecified atom stereocenters. The van der Waals surface area contributed by atoms with E-state index in [1.54, 1.807) is 26.2 Å². The minimum absolute atomic E-state index is 0.0241. The maximum Gasteiger partial charge on any atom is 0.322 e. The Morgan fingerprint density at radius 2 is 1.75 bits per heavy atom. The van der Waals surface area contributed by atoms with E-state index >= 15 is 0 Å². The molecule has 8 heteroatoms. The summed E-state index contributed by atoms with van der Waals surface area (Å²) in [4.78, 5) is 29.3. The van der Waals surface area contributed by atoms with Crippen molar-refractivity contribution in [2.24, 2.45) is 0 Å². The summed E-state index contributed by atoms with van der Waals surface area (Å²) in [5.74, 6) is 1.21. The molecule has 1 aliphatic rings. The van der Waals surface area contributed by atoms with Gasteiger partial charge in [0.05, 0.1) is 20.8 Å². The maximum atomic E-state index is 13.1. The number of rotatable bonds is 8. The van der Waals surface area contributed by atoms with E-state index in [1.165, 1.54) is 4.90 Å². The predicted molar refractivity (Wildman–Crippen MR) is 122 cm³/mol. The minimum Gasteiger partial charge on any atom is -0.493 e. The van der Waals surface area contributed by atoms with Crippen LogP contribution >= 0.6 is 0 Å². The number of carbonyl (C=O) groups excluding carboxylic acids is 2. The van der Waals surface area contributed by atoms with Gasteiger partial charge in [0.25, 0.3) is 0 Å². The number of nitrogens with one attached hydrogen (secondary N) is 1. The fourth-order valence-electron chi connectivity index (χ4n) is 3.72. The zero-order valence-electron chi connectivity index (χ0n) is 19.1. The van der Waals surface area contributed by atoms with E-state index in [9.17, 15) is 9.59 Å². The fraction of sp³-hybridized carbons (Fsp3) is 0.417. The molecule has 0 bridgehead atoms. The van der Waals surface area contributed by atoms with Crippen LogP contribution in [0.2, 0.25) is 0 Å². The third-order valence-electron chi connectivity index (χ3n) is 5.64. The smallest absolute Gasteiger partial charge is 0.322 e. The lowest BCUT2D eigenvalue weighted by Gasteiger charge is -2.32. The summed E-state index contributed by atoms with van der Waals surface area (Å²) < 4.78 is 15.9. The van der Waals surface area contributed by atoms with Crippen molar-refractivity contribution >= 4 is 17.6 Å². The topological polar surface area (TPSA) is 80.3 Å². The summed E-state index contributed by atoms with van der Waals surface area (Å²) in [5.41, 5.74) is 3.84. The highest BCUT2D eigenvalue weighted by Crippen LogP contribution is 2.33. The van der Waals surface area contributed by atoms with Gasteiger partial charge in [0, 0.05) is 32.4 Å². The molecular weight excluding hydrogens is 410 g/mol. The highest BCUT2D eigenvalue weighted by atomic mass is 16.5. The van der Waals surface area contributed by atoms with E-state index in [2.05, 4.69) is 5.32 Å². The molecule has 3 rings (SSSR count). The number of ether oxygens (including phenoxy) is 3. The molecule has 0 radical (unpaired) electrons. The van der Waals surface area contributed by atoms with Gasteiger partial charge in [0.1, 0.15) is 6.54 Å². The monoisotopic (exact) mass is 441 g/mol. The van der Waals surface area contributed by atoms with Gasteiger partial charge in [-0.2, -0.15) is 0 Å². The number of methoxy groups -OCH3 is 3. The van der Waals surface area contributed by atoms with E-state index in [0.717, 1.165) is 28.8 Å². The van der Waals surface area contributed by atoms with Crippen LogP contribution in [0.25, 0.3) is 0 Å². The van der Waals surface area contributed by atoms with Crippen LogP contribution in [0.5, 0.6) is 11.5 Å². The van der Waals surface area contributed by atoms with Crippen LogP contribution in [0.15, 0.2) is 36.4 Å². The molecule has 1 heterocycles. The molecule has 32 heavy (non-hydrogen) atoms. The Hall–Kier alpha value is -3.26. The van der Waals surface area contributed by atoms with E-state index in [1.807, 2.05) is 43.3 Å². The Balaban J connectivity index is 1.70. The zero-order valence-corrected chi connectivity index (χ0v) is 19.1. The molecule has 2 aromatic rings. The van der Waals surface area contributed by atoms with Gasteiger partial charge in [-0.25, -0.2) is 4.79 Å². The van der Waals surface area contributed by atoms with Crippen LogP contribution in [0, 0.1) is 6.92 Å². The number of benzene rings is 2. The average molecular weight is 442 g/mol. The molecule has 0 aliphatic carbocycles. The van der Waals surface area contributed by atoms with Crippen LogP contribution in [0.1, 0.15) is 16.7 Å². The number of hydrogen-bond acceptors (Lipinski definition) is 5. The molecule has 0 fully saturated rings. The number of carbonyl (C=O) groups is 2. The van der Waals surface area contributed by atoms with Crippen molar-refractivity contribution in [3.8, 4) is 11.5 Å². The van der Waals surface area contributed by atoms with Crippen LogP contribution in [-0.2, 0) is 22.5 Å². The van der Waals surface area contributed by atoms with Crippen molar-refractivity contribution in [1.29, 1.82) is 0 Å². The van der Waals surface area contributed by atoms with Crippen LogP contribution in [-0.4, -0.2) is 69.3 Å². The Morgan fingerprint density at radius 3 is 2.41 bits per heavy atom.